The monoisotopic (exact) mass is 339 g/mol. The number of sulfonamides is 2. The van der Waals surface area contributed by atoms with E-state index in [0.29, 0.717) is 12.1 Å². The van der Waals surface area contributed by atoms with Gasteiger partial charge >= 0.3 is 31.3 Å². The predicted molar refractivity (Wildman–Crippen MR) is 58.8 cm³/mol. The minimum atomic E-state index is -6.53. The maximum Gasteiger partial charge on any atom is 0.517 e. The Labute approximate surface area is 110 Å². The molecule has 0 unspecified atom stereocenters. The summed E-state index contributed by atoms with van der Waals surface area (Å²) in [6, 6.07) is 4.51. The van der Waals surface area contributed by atoms with Gasteiger partial charge in [0.25, 0.3) is 0 Å². The van der Waals surface area contributed by atoms with E-state index in [1.807, 2.05) is 0 Å². The maximum absolute atomic E-state index is 12.4. The van der Waals surface area contributed by atoms with Gasteiger partial charge in [0.15, 0.2) is 0 Å². The Hall–Kier alpha value is -1.43. The van der Waals surface area contributed by atoms with Crippen LogP contribution in [0.1, 0.15) is 0 Å². The van der Waals surface area contributed by atoms with Crippen molar-refractivity contribution in [2.45, 2.75) is 11.3 Å². The number of anilines is 1. The van der Waals surface area contributed by atoms with Crippen LogP contribution in [0.5, 0.6) is 0 Å². The molecule has 0 heterocycles. The Bertz CT molecular complexity index is 669. The van der Waals surface area contributed by atoms with E-state index < -0.39 is 40.7 Å². The summed E-state index contributed by atoms with van der Waals surface area (Å²) in [4.78, 5) is 0. The SMILES string of the molecule is O=S(=O)(C(F)F)N(c1ccccc1)S(=O)(=O)C(F)(F)F. The number of rotatable bonds is 4. The summed E-state index contributed by atoms with van der Waals surface area (Å²) < 4.78 is 106. The third kappa shape index (κ3) is 2.85. The average Bonchev–Trinajstić information content (AvgIpc) is 2.28. The van der Waals surface area contributed by atoms with Gasteiger partial charge in [-0.3, -0.25) is 0 Å². The lowest BCUT2D eigenvalue weighted by atomic mass is 10.3. The third-order valence-electron chi connectivity index (χ3n) is 1.93. The van der Waals surface area contributed by atoms with Crippen LogP contribution in [0.25, 0.3) is 0 Å². The molecule has 0 fully saturated rings. The van der Waals surface area contributed by atoms with Gasteiger partial charge in [0.2, 0.25) is 0 Å². The zero-order valence-corrected chi connectivity index (χ0v) is 10.9. The second-order valence-electron chi connectivity index (χ2n) is 3.29. The summed E-state index contributed by atoms with van der Waals surface area (Å²) in [6.45, 7) is 0. The minimum Gasteiger partial charge on any atom is -0.199 e. The number of hydrogen-bond donors (Lipinski definition) is 0. The highest BCUT2D eigenvalue weighted by Crippen LogP contribution is 2.34. The first-order valence-corrected chi connectivity index (χ1v) is 7.55. The second-order valence-corrected chi connectivity index (χ2v) is 7.05. The van der Waals surface area contributed by atoms with Crippen LogP contribution in [-0.2, 0) is 20.0 Å². The van der Waals surface area contributed by atoms with Crippen molar-refractivity contribution in [3.8, 4) is 0 Å². The molecule has 12 heteroatoms. The van der Waals surface area contributed by atoms with E-state index in [0.717, 1.165) is 12.1 Å². The number of hydrogen-bond acceptors (Lipinski definition) is 4. The molecule has 1 aromatic rings. The molecule has 0 bridgehead atoms. The molecule has 20 heavy (non-hydrogen) atoms. The molecule has 0 N–H and O–H groups in total. The summed E-state index contributed by atoms with van der Waals surface area (Å²) in [5.74, 6) is -4.33. The highest BCUT2D eigenvalue weighted by molar-refractivity contribution is 8.10. The molecule has 1 rings (SSSR count). The first-order valence-electron chi connectivity index (χ1n) is 4.61. The maximum atomic E-state index is 12.4. The molecule has 0 radical (unpaired) electrons. The van der Waals surface area contributed by atoms with Crippen LogP contribution in [0, 0.1) is 0 Å². The summed E-state index contributed by atoms with van der Waals surface area (Å²) in [5.41, 5.74) is -7.12. The Morgan fingerprint density at radius 2 is 1.40 bits per heavy atom. The average molecular weight is 339 g/mol. The Morgan fingerprint density at radius 3 is 1.75 bits per heavy atom. The van der Waals surface area contributed by atoms with E-state index in [4.69, 9.17) is 0 Å². The first-order chi connectivity index (χ1) is 8.92. The van der Waals surface area contributed by atoms with Gasteiger partial charge in [-0.05, 0) is 12.1 Å². The Kier molecular flexibility index (Phi) is 4.29. The van der Waals surface area contributed by atoms with Gasteiger partial charge in [0, 0.05) is 0 Å². The molecule has 0 saturated heterocycles. The summed E-state index contributed by atoms with van der Waals surface area (Å²) in [6.07, 6.45) is 0. The first kappa shape index (κ1) is 16.6. The van der Waals surface area contributed by atoms with Crippen LogP contribution in [0.15, 0.2) is 30.3 Å². The van der Waals surface area contributed by atoms with Crippen molar-refractivity contribution in [3.05, 3.63) is 30.3 Å². The molecule has 0 amide bonds. The van der Waals surface area contributed by atoms with Crippen LogP contribution in [0.3, 0.4) is 0 Å². The highest BCUT2D eigenvalue weighted by atomic mass is 32.3. The fraction of sp³-hybridized carbons (Fsp3) is 0.250. The number of halogens is 5. The van der Waals surface area contributed by atoms with Gasteiger partial charge in [-0.1, -0.05) is 18.2 Å². The standard InChI is InChI=1S/C8H6F5NO4S2/c9-7(10)19(15,16)14(6-4-2-1-3-5-6)20(17,18)8(11,12)13/h1-5,7H. The highest BCUT2D eigenvalue weighted by Gasteiger charge is 2.56. The molecule has 5 nitrogen and oxygen atoms in total. The van der Waals surface area contributed by atoms with Gasteiger partial charge in [0.1, 0.15) is 0 Å². The minimum absolute atomic E-state index is 0.642. The largest absolute Gasteiger partial charge is 0.517 e. The number of para-hydroxylation sites is 1. The topological polar surface area (TPSA) is 71.5 Å². The molecule has 0 saturated carbocycles. The van der Waals surface area contributed by atoms with Crippen molar-refractivity contribution in [2.24, 2.45) is 0 Å². The van der Waals surface area contributed by atoms with Crippen LogP contribution in [0.4, 0.5) is 27.6 Å². The second kappa shape index (κ2) is 5.16. The fourth-order valence-corrected chi connectivity index (χ4v) is 3.83. The van der Waals surface area contributed by atoms with Gasteiger partial charge in [-0.2, -0.15) is 42.5 Å². The summed E-state index contributed by atoms with van der Waals surface area (Å²) in [5, 5.41) is 0. The molecule has 0 aliphatic heterocycles. The van der Waals surface area contributed by atoms with E-state index in [1.54, 1.807) is 0 Å². The molecule has 0 aliphatic carbocycles. The molecular weight excluding hydrogens is 333 g/mol. The summed E-state index contributed by atoms with van der Waals surface area (Å²) in [7, 11) is -12.6. The molecule has 0 aliphatic rings. The molecule has 114 valence electrons. The zero-order chi connectivity index (χ0) is 15.8. The number of alkyl halides is 5. The van der Waals surface area contributed by atoms with Crippen LogP contribution >= 0.6 is 0 Å². The van der Waals surface area contributed by atoms with Crippen molar-refractivity contribution in [3.63, 3.8) is 0 Å². The molecule has 1 aromatic carbocycles. The van der Waals surface area contributed by atoms with E-state index in [2.05, 4.69) is 0 Å². The van der Waals surface area contributed by atoms with Gasteiger partial charge < -0.3 is 0 Å². The predicted octanol–water partition coefficient (Wildman–Crippen LogP) is 1.90. The number of benzene rings is 1. The van der Waals surface area contributed by atoms with E-state index in [9.17, 15) is 38.8 Å². The third-order valence-corrected chi connectivity index (χ3v) is 5.50. The lowest BCUT2D eigenvalue weighted by Gasteiger charge is -2.24. The molecule has 0 spiro atoms. The van der Waals surface area contributed by atoms with E-state index >= 15 is 0 Å². The van der Waals surface area contributed by atoms with Crippen LogP contribution < -0.4 is 3.71 Å². The lowest BCUT2D eigenvalue weighted by Crippen LogP contribution is -2.46. The smallest absolute Gasteiger partial charge is 0.199 e. The van der Waals surface area contributed by atoms with Crippen molar-refractivity contribution >= 4 is 25.7 Å². The van der Waals surface area contributed by atoms with Gasteiger partial charge in [-0.15, -0.1) is 0 Å². The van der Waals surface area contributed by atoms with Crippen LogP contribution in [-0.4, -0.2) is 28.1 Å². The van der Waals surface area contributed by atoms with Gasteiger partial charge in [0.05, 0.1) is 5.69 Å². The van der Waals surface area contributed by atoms with Crippen molar-refractivity contribution in [2.75, 3.05) is 3.71 Å². The zero-order valence-electron chi connectivity index (χ0n) is 9.25. The van der Waals surface area contributed by atoms with Crippen molar-refractivity contribution in [1.82, 2.24) is 0 Å². The normalized spacial score (nSPS) is 13.5. The van der Waals surface area contributed by atoms with Crippen molar-refractivity contribution in [1.29, 1.82) is 0 Å². The molecule has 0 atom stereocenters. The van der Waals surface area contributed by atoms with Crippen LogP contribution in [0.2, 0.25) is 0 Å². The van der Waals surface area contributed by atoms with E-state index in [1.165, 1.54) is 6.07 Å². The quantitative estimate of drug-likeness (QED) is 0.786. The van der Waals surface area contributed by atoms with E-state index in [-0.39, 0.29) is 0 Å². The molecule has 0 aromatic heterocycles. The number of nitrogens with zero attached hydrogens (tertiary/aromatic N) is 1. The van der Waals surface area contributed by atoms with Gasteiger partial charge in [-0.25, -0.2) is 0 Å². The Balaban J connectivity index is 3.64. The fourth-order valence-electron chi connectivity index (χ4n) is 1.14. The summed E-state index contributed by atoms with van der Waals surface area (Å²) >= 11 is 0. The van der Waals surface area contributed by atoms with Crippen molar-refractivity contribution < 1.29 is 38.8 Å². The molecular formula is C8H6F5NO4S2. The lowest BCUT2D eigenvalue weighted by molar-refractivity contribution is -0.0434. The Morgan fingerprint density at radius 1 is 0.950 bits per heavy atom.